The number of ether oxygens (including phenoxy) is 1. The maximum Gasteiger partial charge on any atom is 0.338 e. The second kappa shape index (κ2) is 7.28. The molecule has 0 bridgehead atoms. The van der Waals surface area contributed by atoms with E-state index >= 15 is 0 Å². The Labute approximate surface area is 169 Å². The van der Waals surface area contributed by atoms with Crippen LogP contribution in [0.25, 0.3) is 0 Å². The van der Waals surface area contributed by atoms with E-state index in [1.54, 1.807) is 32.9 Å². The summed E-state index contributed by atoms with van der Waals surface area (Å²) >= 11 is 0. The fraction of sp³-hybridized carbons (Fsp3) is 0.304. The van der Waals surface area contributed by atoms with E-state index in [9.17, 15) is 19.2 Å². The minimum Gasteiger partial charge on any atom is -0.454 e. The molecular formula is C23H23NO5. The third kappa shape index (κ3) is 3.83. The number of rotatable bonds is 4. The summed E-state index contributed by atoms with van der Waals surface area (Å²) in [6, 6.07) is 9.57. The van der Waals surface area contributed by atoms with Crippen LogP contribution in [-0.2, 0) is 9.53 Å². The summed E-state index contributed by atoms with van der Waals surface area (Å²) in [5.41, 5.74) is 2.38. The number of benzene rings is 2. The molecular weight excluding hydrogens is 370 g/mol. The molecule has 0 saturated carbocycles. The molecule has 150 valence electrons. The van der Waals surface area contributed by atoms with Crippen molar-refractivity contribution in [2.75, 3.05) is 11.5 Å². The Hall–Kier alpha value is -3.28. The van der Waals surface area contributed by atoms with Crippen LogP contribution in [0.5, 0.6) is 0 Å². The van der Waals surface area contributed by atoms with Crippen LogP contribution < -0.4 is 4.90 Å². The fourth-order valence-electron chi connectivity index (χ4n) is 2.90. The van der Waals surface area contributed by atoms with Gasteiger partial charge >= 0.3 is 5.97 Å². The Balaban J connectivity index is 1.84. The SMILES string of the molecule is Cc1ccc(N2C(=O)c3ccc(C(=O)OCC(=O)C(C)(C)C)cc3C2=O)cc1C. The van der Waals surface area contributed by atoms with Crippen molar-refractivity contribution < 1.29 is 23.9 Å². The van der Waals surface area contributed by atoms with E-state index in [0.29, 0.717) is 5.69 Å². The zero-order valence-electron chi connectivity index (χ0n) is 17.2. The number of imide groups is 1. The molecule has 2 amide bonds. The van der Waals surface area contributed by atoms with Gasteiger partial charge < -0.3 is 4.74 Å². The number of amides is 2. The summed E-state index contributed by atoms with van der Waals surface area (Å²) in [6.07, 6.45) is 0. The lowest BCUT2D eigenvalue weighted by molar-refractivity contribution is -0.129. The van der Waals surface area contributed by atoms with E-state index in [1.165, 1.54) is 18.2 Å². The number of hydrogen-bond donors (Lipinski definition) is 0. The lowest BCUT2D eigenvalue weighted by atomic mass is 9.91. The predicted molar refractivity (Wildman–Crippen MR) is 108 cm³/mol. The third-order valence-corrected chi connectivity index (χ3v) is 5.04. The van der Waals surface area contributed by atoms with Crippen molar-refractivity contribution in [3.05, 3.63) is 64.2 Å². The molecule has 0 fully saturated rings. The van der Waals surface area contributed by atoms with Gasteiger partial charge in [0.2, 0.25) is 0 Å². The molecule has 6 heteroatoms. The molecule has 3 rings (SSSR count). The van der Waals surface area contributed by atoms with E-state index in [-0.39, 0.29) is 29.1 Å². The molecule has 0 atom stereocenters. The summed E-state index contributed by atoms with van der Waals surface area (Å²) in [5, 5.41) is 0. The largest absolute Gasteiger partial charge is 0.454 e. The first-order valence-corrected chi connectivity index (χ1v) is 9.31. The molecule has 1 aliphatic rings. The van der Waals surface area contributed by atoms with Crippen LogP contribution in [-0.4, -0.2) is 30.2 Å². The monoisotopic (exact) mass is 393 g/mol. The van der Waals surface area contributed by atoms with Crippen molar-refractivity contribution in [2.24, 2.45) is 5.41 Å². The number of fused-ring (bicyclic) bond motifs is 1. The molecule has 29 heavy (non-hydrogen) atoms. The highest BCUT2D eigenvalue weighted by atomic mass is 16.5. The smallest absolute Gasteiger partial charge is 0.338 e. The fourth-order valence-corrected chi connectivity index (χ4v) is 2.90. The molecule has 0 radical (unpaired) electrons. The average molecular weight is 393 g/mol. The number of hydrogen-bond acceptors (Lipinski definition) is 5. The molecule has 6 nitrogen and oxygen atoms in total. The molecule has 0 spiro atoms. The highest BCUT2D eigenvalue weighted by Crippen LogP contribution is 2.30. The molecule has 0 saturated heterocycles. The van der Waals surface area contributed by atoms with Crippen molar-refractivity contribution in [3.63, 3.8) is 0 Å². The second-order valence-electron chi connectivity index (χ2n) is 8.22. The van der Waals surface area contributed by atoms with E-state index in [4.69, 9.17) is 4.74 Å². The van der Waals surface area contributed by atoms with Gasteiger partial charge in [0.05, 0.1) is 22.4 Å². The van der Waals surface area contributed by atoms with Crippen molar-refractivity contribution in [2.45, 2.75) is 34.6 Å². The number of carbonyl (C=O) groups excluding carboxylic acids is 4. The van der Waals surface area contributed by atoms with Gasteiger partial charge in [-0.25, -0.2) is 9.69 Å². The van der Waals surface area contributed by atoms with Gasteiger partial charge in [-0.3, -0.25) is 14.4 Å². The molecule has 0 aromatic heterocycles. The Morgan fingerprint density at radius 2 is 1.55 bits per heavy atom. The van der Waals surface area contributed by atoms with E-state index < -0.39 is 23.2 Å². The van der Waals surface area contributed by atoms with Gasteiger partial charge in [-0.05, 0) is 55.3 Å². The maximum absolute atomic E-state index is 12.9. The first kappa shape index (κ1) is 20.5. The number of nitrogens with zero attached hydrogens (tertiary/aromatic N) is 1. The van der Waals surface area contributed by atoms with Crippen LogP contribution >= 0.6 is 0 Å². The number of carbonyl (C=O) groups is 4. The predicted octanol–water partition coefficient (Wildman–Crippen LogP) is 3.88. The number of ketones is 1. The summed E-state index contributed by atoms with van der Waals surface area (Å²) in [7, 11) is 0. The molecule has 0 aliphatic carbocycles. The zero-order chi connectivity index (χ0) is 21.5. The first-order valence-electron chi connectivity index (χ1n) is 9.31. The van der Waals surface area contributed by atoms with Gasteiger partial charge in [0, 0.05) is 5.41 Å². The van der Waals surface area contributed by atoms with Crippen molar-refractivity contribution in [1.82, 2.24) is 0 Å². The topological polar surface area (TPSA) is 80.8 Å². The van der Waals surface area contributed by atoms with Crippen molar-refractivity contribution in [3.8, 4) is 0 Å². The van der Waals surface area contributed by atoms with Crippen LogP contribution in [0.4, 0.5) is 5.69 Å². The number of anilines is 1. The van der Waals surface area contributed by atoms with E-state index in [1.807, 2.05) is 19.9 Å². The third-order valence-electron chi connectivity index (χ3n) is 5.04. The van der Waals surface area contributed by atoms with Gasteiger partial charge in [-0.1, -0.05) is 26.8 Å². The van der Waals surface area contributed by atoms with Crippen LogP contribution in [0.1, 0.15) is 63.0 Å². The molecule has 0 N–H and O–H groups in total. The first-order chi connectivity index (χ1) is 13.5. The van der Waals surface area contributed by atoms with Gasteiger partial charge in [0.25, 0.3) is 11.8 Å². The summed E-state index contributed by atoms with van der Waals surface area (Å²) in [5.74, 6) is -1.85. The normalized spacial score (nSPS) is 13.5. The minimum atomic E-state index is -0.713. The van der Waals surface area contributed by atoms with E-state index in [0.717, 1.165) is 16.0 Å². The van der Waals surface area contributed by atoms with Crippen molar-refractivity contribution in [1.29, 1.82) is 0 Å². The average Bonchev–Trinajstić information content (AvgIpc) is 2.91. The summed E-state index contributed by atoms with van der Waals surface area (Å²) in [6.45, 7) is 8.73. The number of Topliss-reactive ketones (excluding diaryl/α,β-unsaturated/α-hetero) is 1. The molecule has 2 aromatic rings. The zero-order valence-corrected chi connectivity index (χ0v) is 17.2. The quantitative estimate of drug-likeness (QED) is 0.582. The Kier molecular flexibility index (Phi) is 5.13. The summed E-state index contributed by atoms with van der Waals surface area (Å²) in [4.78, 5) is 51.0. The maximum atomic E-state index is 12.9. The molecule has 2 aromatic carbocycles. The summed E-state index contributed by atoms with van der Waals surface area (Å²) < 4.78 is 5.08. The Morgan fingerprint density at radius 1 is 0.897 bits per heavy atom. The van der Waals surface area contributed by atoms with Crippen molar-refractivity contribution >= 4 is 29.3 Å². The van der Waals surface area contributed by atoms with Gasteiger partial charge in [0.15, 0.2) is 12.4 Å². The van der Waals surface area contributed by atoms with Gasteiger partial charge in [-0.2, -0.15) is 0 Å². The standard InChI is InChI=1S/C23H23NO5/c1-13-6-8-16(10-14(13)2)24-20(26)17-9-7-15(11-18(17)21(24)27)22(28)29-12-19(25)23(3,4)5/h6-11H,12H2,1-5H3. The molecule has 0 unspecified atom stereocenters. The lowest BCUT2D eigenvalue weighted by Gasteiger charge is -2.16. The second-order valence-corrected chi connectivity index (χ2v) is 8.22. The Bertz CT molecular complexity index is 1050. The van der Waals surface area contributed by atoms with Crippen LogP contribution in [0.2, 0.25) is 0 Å². The number of esters is 1. The van der Waals surface area contributed by atoms with Gasteiger partial charge in [0.1, 0.15) is 0 Å². The van der Waals surface area contributed by atoms with Crippen LogP contribution in [0.15, 0.2) is 36.4 Å². The highest BCUT2D eigenvalue weighted by molar-refractivity contribution is 6.34. The van der Waals surface area contributed by atoms with Gasteiger partial charge in [-0.15, -0.1) is 0 Å². The molecule has 1 heterocycles. The number of aryl methyl sites for hydroxylation is 2. The highest BCUT2D eigenvalue weighted by Gasteiger charge is 2.37. The lowest BCUT2D eigenvalue weighted by Crippen LogP contribution is -2.29. The van der Waals surface area contributed by atoms with Crippen LogP contribution in [0, 0.1) is 19.3 Å². The Morgan fingerprint density at radius 3 is 2.17 bits per heavy atom. The van der Waals surface area contributed by atoms with E-state index in [2.05, 4.69) is 0 Å². The van der Waals surface area contributed by atoms with Crippen LogP contribution in [0.3, 0.4) is 0 Å². The molecule has 1 aliphatic heterocycles. The minimum absolute atomic E-state index is 0.119.